The maximum absolute atomic E-state index is 12.1. The zero-order chi connectivity index (χ0) is 12.1. The Kier molecular flexibility index (Phi) is 3.60. The summed E-state index contributed by atoms with van der Waals surface area (Å²) < 4.78 is 5.19. The standard InChI is InChI=1S/C14H15NO2/c1-2-15(12-7-4-3-5-8-12)14(16)11-13-9-6-10-17-13/h3-10H,2,11H2,1H3. The third-order valence-electron chi connectivity index (χ3n) is 2.59. The molecule has 0 bridgehead atoms. The van der Waals surface area contributed by atoms with Crippen molar-refractivity contribution in [2.45, 2.75) is 13.3 Å². The summed E-state index contributed by atoms with van der Waals surface area (Å²) in [7, 11) is 0. The van der Waals surface area contributed by atoms with Gasteiger partial charge in [-0.05, 0) is 31.2 Å². The number of anilines is 1. The molecule has 0 N–H and O–H groups in total. The molecule has 0 aliphatic carbocycles. The molecule has 17 heavy (non-hydrogen) atoms. The van der Waals surface area contributed by atoms with Crippen LogP contribution in [0.15, 0.2) is 53.1 Å². The highest BCUT2D eigenvalue weighted by atomic mass is 16.3. The molecule has 0 unspecified atom stereocenters. The van der Waals surface area contributed by atoms with Gasteiger partial charge in [0.2, 0.25) is 5.91 Å². The number of benzene rings is 1. The van der Waals surface area contributed by atoms with E-state index in [1.54, 1.807) is 17.2 Å². The Bertz CT molecular complexity index is 462. The first-order valence-electron chi connectivity index (χ1n) is 5.69. The van der Waals surface area contributed by atoms with Gasteiger partial charge in [0.05, 0.1) is 12.7 Å². The van der Waals surface area contributed by atoms with E-state index in [2.05, 4.69) is 0 Å². The topological polar surface area (TPSA) is 33.5 Å². The number of nitrogens with zero attached hydrogens (tertiary/aromatic N) is 1. The molecule has 1 heterocycles. The Morgan fingerprint density at radius 2 is 1.94 bits per heavy atom. The number of rotatable bonds is 4. The maximum Gasteiger partial charge on any atom is 0.234 e. The molecule has 1 aromatic heterocycles. The zero-order valence-electron chi connectivity index (χ0n) is 9.80. The second kappa shape index (κ2) is 5.34. The molecule has 0 saturated carbocycles. The average molecular weight is 229 g/mol. The molecule has 0 saturated heterocycles. The van der Waals surface area contributed by atoms with E-state index in [0.717, 1.165) is 5.69 Å². The van der Waals surface area contributed by atoms with Crippen LogP contribution in [0.1, 0.15) is 12.7 Å². The lowest BCUT2D eigenvalue weighted by molar-refractivity contribution is -0.118. The summed E-state index contributed by atoms with van der Waals surface area (Å²) in [6, 6.07) is 13.3. The van der Waals surface area contributed by atoms with Crippen molar-refractivity contribution in [3.05, 3.63) is 54.5 Å². The van der Waals surface area contributed by atoms with Gasteiger partial charge in [-0.3, -0.25) is 4.79 Å². The fourth-order valence-electron chi connectivity index (χ4n) is 1.77. The number of carbonyl (C=O) groups excluding carboxylic acids is 1. The van der Waals surface area contributed by atoms with E-state index in [-0.39, 0.29) is 5.91 Å². The molecule has 0 radical (unpaired) electrons. The van der Waals surface area contributed by atoms with Crippen LogP contribution in [0.2, 0.25) is 0 Å². The van der Waals surface area contributed by atoms with Crippen molar-refractivity contribution >= 4 is 11.6 Å². The Hall–Kier alpha value is -2.03. The molecule has 1 aromatic carbocycles. The molecule has 0 fully saturated rings. The number of para-hydroxylation sites is 1. The maximum atomic E-state index is 12.1. The van der Waals surface area contributed by atoms with E-state index in [1.165, 1.54) is 0 Å². The second-order valence-corrected chi connectivity index (χ2v) is 3.73. The van der Waals surface area contributed by atoms with Gasteiger partial charge in [-0.15, -0.1) is 0 Å². The normalized spacial score (nSPS) is 10.2. The molecular formula is C14H15NO2. The zero-order valence-corrected chi connectivity index (χ0v) is 9.80. The lowest BCUT2D eigenvalue weighted by atomic mass is 10.2. The Labute approximate surface area is 101 Å². The lowest BCUT2D eigenvalue weighted by Gasteiger charge is -2.20. The quantitative estimate of drug-likeness (QED) is 0.807. The van der Waals surface area contributed by atoms with E-state index in [9.17, 15) is 4.79 Å². The van der Waals surface area contributed by atoms with Crippen molar-refractivity contribution in [2.75, 3.05) is 11.4 Å². The molecule has 0 spiro atoms. The number of furan rings is 1. The van der Waals surface area contributed by atoms with E-state index < -0.39 is 0 Å². The third-order valence-corrected chi connectivity index (χ3v) is 2.59. The first-order valence-corrected chi connectivity index (χ1v) is 5.69. The van der Waals surface area contributed by atoms with Gasteiger partial charge in [0, 0.05) is 12.2 Å². The van der Waals surface area contributed by atoms with Gasteiger partial charge >= 0.3 is 0 Å². The summed E-state index contributed by atoms with van der Waals surface area (Å²) in [4.78, 5) is 13.9. The van der Waals surface area contributed by atoms with Crippen LogP contribution < -0.4 is 4.90 Å². The van der Waals surface area contributed by atoms with Gasteiger partial charge in [-0.25, -0.2) is 0 Å². The van der Waals surface area contributed by atoms with Crippen molar-refractivity contribution < 1.29 is 9.21 Å². The minimum atomic E-state index is 0.0497. The van der Waals surface area contributed by atoms with Gasteiger partial charge in [-0.1, -0.05) is 18.2 Å². The van der Waals surface area contributed by atoms with Crippen LogP contribution in [0.25, 0.3) is 0 Å². The fraction of sp³-hybridized carbons (Fsp3) is 0.214. The number of hydrogen-bond donors (Lipinski definition) is 0. The lowest BCUT2D eigenvalue weighted by Crippen LogP contribution is -2.31. The van der Waals surface area contributed by atoms with Crippen LogP contribution in [0, 0.1) is 0 Å². The number of hydrogen-bond acceptors (Lipinski definition) is 2. The highest BCUT2D eigenvalue weighted by Crippen LogP contribution is 2.14. The van der Waals surface area contributed by atoms with E-state index in [1.807, 2.05) is 43.3 Å². The van der Waals surface area contributed by atoms with Gasteiger partial charge < -0.3 is 9.32 Å². The molecule has 0 aliphatic heterocycles. The van der Waals surface area contributed by atoms with Crippen molar-refractivity contribution in [2.24, 2.45) is 0 Å². The van der Waals surface area contributed by atoms with Gasteiger partial charge in [0.1, 0.15) is 5.76 Å². The van der Waals surface area contributed by atoms with Crippen molar-refractivity contribution in [3.63, 3.8) is 0 Å². The van der Waals surface area contributed by atoms with Crippen molar-refractivity contribution in [1.82, 2.24) is 0 Å². The monoisotopic (exact) mass is 229 g/mol. The molecule has 3 heteroatoms. The van der Waals surface area contributed by atoms with E-state index in [4.69, 9.17) is 4.42 Å². The first kappa shape index (κ1) is 11.5. The molecule has 0 aliphatic rings. The summed E-state index contributed by atoms with van der Waals surface area (Å²) in [6.07, 6.45) is 1.89. The van der Waals surface area contributed by atoms with Crippen molar-refractivity contribution in [1.29, 1.82) is 0 Å². The van der Waals surface area contributed by atoms with Gasteiger partial charge in [0.15, 0.2) is 0 Å². The predicted molar refractivity (Wildman–Crippen MR) is 66.9 cm³/mol. The Balaban J connectivity index is 2.11. The smallest absolute Gasteiger partial charge is 0.234 e. The minimum absolute atomic E-state index is 0.0497. The average Bonchev–Trinajstić information content (AvgIpc) is 2.84. The van der Waals surface area contributed by atoms with Gasteiger partial charge in [0.25, 0.3) is 0 Å². The van der Waals surface area contributed by atoms with Gasteiger partial charge in [-0.2, -0.15) is 0 Å². The van der Waals surface area contributed by atoms with E-state index in [0.29, 0.717) is 18.7 Å². The van der Waals surface area contributed by atoms with Crippen LogP contribution in [0.4, 0.5) is 5.69 Å². The predicted octanol–water partition coefficient (Wildman–Crippen LogP) is 2.88. The second-order valence-electron chi connectivity index (χ2n) is 3.73. The van der Waals surface area contributed by atoms with Crippen molar-refractivity contribution in [3.8, 4) is 0 Å². The largest absolute Gasteiger partial charge is 0.469 e. The Morgan fingerprint density at radius 1 is 1.18 bits per heavy atom. The molecule has 2 aromatic rings. The summed E-state index contributed by atoms with van der Waals surface area (Å²) in [6.45, 7) is 2.62. The minimum Gasteiger partial charge on any atom is -0.469 e. The van der Waals surface area contributed by atoms with Crippen LogP contribution in [-0.2, 0) is 11.2 Å². The number of likely N-dealkylation sites (N-methyl/N-ethyl adjacent to an activating group) is 1. The molecule has 2 rings (SSSR count). The number of amides is 1. The Morgan fingerprint density at radius 3 is 2.53 bits per heavy atom. The fourth-order valence-corrected chi connectivity index (χ4v) is 1.77. The summed E-state index contributed by atoms with van der Waals surface area (Å²) in [5, 5.41) is 0. The van der Waals surface area contributed by atoms with Crippen LogP contribution in [-0.4, -0.2) is 12.5 Å². The summed E-state index contributed by atoms with van der Waals surface area (Å²) in [5.74, 6) is 0.748. The highest BCUT2D eigenvalue weighted by molar-refractivity contribution is 5.94. The summed E-state index contributed by atoms with van der Waals surface area (Å²) >= 11 is 0. The molecule has 88 valence electrons. The van der Waals surface area contributed by atoms with Crippen LogP contribution >= 0.6 is 0 Å². The highest BCUT2D eigenvalue weighted by Gasteiger charge is 2.14. The molecule has 3 nitrogen and oxygen atoms in total. The molecule has 1 amide bonds. The van der Waals surface area contributed by atoms with Crippen LogP contribution in [0.5, 0.6) is 0 Å². The summed E-state index contributed by atoms with van der Waals surface area (Å²) in [5.41, 5.74) is 0.923. The molecular weight excluding hydrogens is 214 g/mol. The molecule has 0 atom stereocenters. The first-order chi connectivity index (χ1) is 8.31. The third kappa shape index (κ3) is 2.75. The van der Waals surface area contributed by atoms with Crippen LogP contribution in [0.3, 0.4) is 0 Å². The SMILES string of the molecule is CCN(C(=O)Cc1ccco1)c1ccccc1. The number of carbonyl (C=O) groups is 1. The van der Waals surface area contributed by atoms with E-state index >= 15 is 0 Å².